The molecule has 4 aromatic rings. The Morgan fingerprint density at radius 1 is 0.976 bits per heavy atom. The van der Waals surface area contributed by atoms with E-state index in [1.54, 1.807) is 0 Å². The van der Waals surface area contributed by atoms with Crippen LogP contribution < -0.4 is 5.19 Å². The van der Waals surface area contributed by atoms with Gasteiger partial charge >= 0.3 is 0 Å². The van der Waals surface area contributed by atoms with Crippen molar-refractivity contribution in [1.29, 1.82) is 0 Å². The fraction of sp³-hybridized carbons (Fsp3) is 0.429. The van der Waals surface area contributed by atoms with Gasteiger partial charge in [-0.1, -0.05) is 73.3 Å². The molecule has 2 heterocycles. The normalized spacial score (nSPS) is 12.0. The maximum Gasteiger partial charge on any atom is 0.162 e. The van der Waals surface area contributed by atoms with Crippen LogP contribution in [-0.4, -0.2) is 23.9 Å². The molecule has 0 atom stereocenters. The number of aliphatic hydroxyl groups is 1. The fourth-order valence-electron chi connectivity index (χ4n) is 5.31. The molecule has 0 unspecified atom stereocenters. The van der Waals surface area contributed by atoms with Gasteiger partial charge in [0, 0.05) is 60.0 Å². The summed E-state index contributed by atoms with van der Waals surface area (Å²) in [5, 5.41) is 12.7. The standard InChI is InChI=1S/C22H21FNSSi.C13H24O2.Ir/c1-13-10-14(2)12-15(11-13)20-22-17(8-9-24-20)16-6-7-18(26(3,4)5)19(23)21(16)25-22;1-5-10(6-2)12(14)9-13(15)11(7-3)8-4;/h6-11H,1-5H3;9-11,14H,5-8H2,1-4H3;/q-1;;/b;12-9-;. The van der Waals surface area contributed by atoms with Crippen molar-refractivity contribution >= 4 is 50.6 Å². The molecule has 229 valence electrons. The zero-order chi connectivity index (χ0) is 30.5. The Hall–Kier alpha value is -2.18. The van der Waals surface area contributed by atoms with E-state index in [4.69, 9.17) is 0 Å². The molecule has 2 aromatic heterocycles. The van der Waals surface area contributed by atoms with E-state index in [9.17, 15) is 9.90 Å². The van der Waals surface area contributed by atoms with Crippen LogP contribution in [0.1, 0.15) is 64.5 Å². The number of aliphatic hydroxyl groups excluding tert-OH is 1. The number of rotatable bonds is 9. The number of nitrogens with zero attached hydrogens (tertiary/aromatic N) is 1. The van der Waals surface area contributed by atoms with E-state index in [0.717, 1.165) is 67.9 Å². The summed E-state index contributed by atoms with van der Waals surface area (Å²) >= 11 is 1.52. The maximum absolute atomic E-state index is 15.3. The van der Waals surface area contributed by atoms with Gasteiger partial charge in [0.1, 0.15) is 5.82 Å². The molecule has 1 N–H and O–H groups in total. The van der Waals surface area contributed by atoms with Crippen LogP contribution in [0.4, 0.5) is 4.39 Å². The Balaban J connectivity index is 0.000000334. The van der Waals surface area contributed by atoms with Crippen LogP contribution in [0.2, 0.25) is 19.6 Å². The molecule has 0 amide bonds. The quantitative estimate of drug-likeness (QED) is 0.0797. The first-order valence-corrected chi connectivity index (χ1v) is 19.1. The van der Waals surface area contributed by atoms with Crippen molar-refractivity contribution < 1.29 is 34.4 Å². The molecule has 0 spiro atoms. The number of aromatic nitrogens is 1. The number of pyridine rings is 1. The summed E-state index contributed by atoms with van der Waals surface area (Å²) < 4.78 is 17.1. The predicted octanol–water partition coefficient (Wildman–Crippen LogP) is 10.1. The summed E-state index contributed by atoms with van der Waals surface area (Å²) in [6.07, 6.45) is 6.73. The number of thiophene rings is 1. The third kappa shape index (κ3) is 8.25. The van der Waals surface area contributed by atoms with Crippen molar-refractivity contribution in [2.75, 3.05) is 0 Å². The summed E-state index contributed by atoms with van der Waals surface area (Å²) in [6, 6.07) is 13.7. The molecule has 0 saturated carbocycles. The number of fused-ring (bicyclic) bond motifs is 3. The van der Waals surface area contributed by atoms with Gasteiger partial charge in [-0.05, 0) is 42.3 Å². The maximum atomic E-state index is 15.3. The molecule has 4 rings (SSSR count). The summed E-state index contributed by atoms with van der Waals surface area (Å²) in [4.78, 5) is 16.3. The number of aryl methyl sites for hydroxylation is 2. The van der Waals surface area contributed by atoms with Crippen LogP contribution >= 0.6 is 11.3 Å². The van der Waals surface area contributed by atoms with E-state index in [1.165, 1.54) is 23.0 Å². The third-order valence-corrected chi connectivity index (χ3v) is 11.0. The minimum Gasteiger partial charge on any atom is -0.512 e. The van der Waals surface area contributed by atoms with Crippen LogP contribution in [0.25, 0.3) is 31.4 Å². The zero-order valence-corrected chi connectivity index (χ0v) is 30.7. The van der Waals surface area contributed by atoms with Gasteiger partial charge in [-0.15, -0.1) is 46.2 Å². The summed E-state index contributed by atoms with van der Waals surface area (Å²) in [6.45, 7) is 18.7. The van der Waals surface area contributed by atoms with E-state index in [2.05, 4.69) is 55.8 Å². The molecule has 0 aliphatic rings. The molecule has 1 radical (unpaired) electrons. The number of ketones is 1. The number of halogens is 1. The van der Waals surface area contributed by atoms with Gasteiger partial charge in [0.05, 0.1) is 18.5 Å². The van der Waals surface area contributed by atoms with Crippen molar-refractivity contribution in [2.45, 2.75) is 86.9 Å². The van der Waals surface area contributed by atoms with Crippen molar-refractivity contribution in [3.05, 3.63) is 71.4 Å². The second-order valence-corrected chi connectivity index (χ2v) is 18.0. The van der Waals surface area contributed by atoms with E-state index >= 15 is 4.39 Å². The van der Waals surface area contributed by atoms with Gasteiger partial charge < -0.3 is 10.1 Å². The first-order chi connectivity index (χ1) is 19.4. The molecule has 0 saturated heterocycles. The number of carbonyl (C=O) groups is 1. The first-order valence-electron chi connectivity index (χ1n) is 14.8. The number of benzene rings is 2. The third-order valence-electron chi connectivity index (χ3n) is 7.79. The summed E-state index contributed by atoms with van der Waals surface area (Å²) in [7, 11) is -1.73. The van der Waals surface area contributed by atoms with Gasteiger partial charge in [0.25, 0.3) is 0 Å². The number of allylic oxidation sites excluding steroid dienone is 2. The topological polar surface area (TPSA) is 50.2 Å². The molecule has 0 aliphatic carbocycles. The number of carbonyl (C=O) groups excluding carboxylic acids is 1. The van der Waals surface area contributed by atoms with E-state index in [0.29, 0.717) is 0 Å². The Labute approximate surface area is 270 Å². The number of hydrogen-bond donors (Lipinski definition) is 1. The molecule has 7 heteroatoms. The minimum atomic E-state index is -1.73. The average Bonchev–Trinajstić information content (AvgIpc) is 3.29. The largest absolute Gasteiger partial charge is 0.512 e. The molecule has 42 heavy (non-hydrogen) atoms. The fourth-order valence-corrected chi connectivity index (χ4v) is 8.00. The average molecular weight is 783 g/mol. The molecule has 2 aromatic carbocycles. The Bertz CT molecular complexity index is 1530. The van der Waals surface area contributed by atoms with Crippen molar-refractivity contribution in [3.63, 3.8) is 0 Å². The molecule has 0 bridgehead atoms. The second kappa shape index (κ2) is 15.5. The Morgan fingerprint density at radius 3 is 2.12 bits per heavy atom. The molecule has 0 aliphatic heterocycles. The Kier molecular flexibility index (Phi) is 13.3. The van der Waals surface area contributed by atoms with Crippen LogP contribution in [0, 0.1) is 37.6 Å². The van der Waals surface area contributed by atoms with E-state index < -0.39 is 8.07 Å². The predicted molar refractivity (Wildman–Crippen MR) is 178 cm³/mol. The van der Waals surface area contributed by atoms with Crippen LogP contribution in [0.3, 0.4) is 0 Å². The summed E-state index contributed by atoms with van der Waals surface area (Å²) in [5.41, 5.74) is 4.14. The van der Waals surface area contributed by atoms with Gasteiger partial charge in [-0.2, -0.15) is 0 Å². The second-order valence-electron chi connectivity index (χ2n) is 11.9. The van der Waals surface area contributed by atoms with Gasteiger partial charge in [-0.3, -0.25) is 4.79 Å². The van der Waals surface area contributed by atoms with Gasteiger partial charge in [0.15, 0.2) is 5.78 Å². The van der Waals surface area contributed by atoms with Crippen molar-refractivity contribution in [2.24, 2.45) is 11.8 Å². The van der Waals surface area contributed by atoms with Crippen LogP contribution in [-0.2, 0) is 24.9 Å². The van der Waals surface area contributed by atoms with Gasteiger partial charge in [-0.25, -0.2) is 4.39 Å². The SMILES string of the molecule is CCC(CC)C(=O)/C=C(\O)C(CC)CC.Cc1[c-]c(-c2nccc3c2sc2c(F)c([Si](C)(C)C)ccc23)cc(C)c1.[Ir]. The van der Waals surface area contributed by atoms with Crippen molar-refractivity contribution in [1.82, 2.24) is 4.98 Å². The van der Waals surface area contributed by atoms with Crippen LogP contribution in [0.15, 0.2) is 48.4 Å². The van der Waals surface area contributed by atoms with Crippen LogP contribution in [0.5, 0.6) is 0 Å². The van der Waals surface area contributed by atoms with E-state index in [1.807, 2.05) is 52.9 Å². The van der Waals surface area contributed by atoms with E-state index in [-0.39, 0.29) is 49.3 Å². The molecular weight excluding hydrogens is 738 g/mol. The van der Waals surface area contributed by atoms with Gasteiger partial charge in [0.2, 0.25) is 0 Å². The zero-order valence-electron chi connectivity index (χ0n) is 26.4. The number of hydrogen-bond acceptors (Lipinski definition) is 4. The molecule has 0 fully saturated rings. The Morgan fingerprint density at radius 2 is 1.57 bits per heavy atom. The summed E-state index contributed by atoms with van der Waals surface area (Å²) in [5.74, 6) is 0.504. The first kappa shape index (κ1) is 36.0. The minimum absolute atomic E-state index is 0. The van der Waals surface area contributed by atoms with Crippen molar-refractivity contribution in [3.8, 4) is 11.3 Å². The molecular formula is C35H45FIrNO2SSi-. The smallest absolute Gasteiger partial charge is 0.162 e. The monoisotopic (exact) mass is 783 g/mol. The molecule has 3 nitrogen and oxygen atoms in total.